The number of methoxy groups -OCH3 is 1. The van der Waals surface area contributed by atoms with Crippen LogP contribution in [0.25, 0.3) is 21.8 Å². The highest BCUT2D eigenvalue weighted by Crippen LogP contribution is 2.29. The average molecular weight is 373 g/mol. The molecule has 0 bridgehead atoms. The molecule has 0 radical (unpaired) electrons. The molecule has 5 nitrogen and oxygen atoms in total. The molecular formula is C23H21N2O3+. The van der Waals surface area contributed by atoms with E-state index in [4.69, 9.17) is 4.74 Å². The number of hydrogen-bond acceptors (Lipinski definition) is 4. The third kappa shape index (κ3) is 3.47. The zero-order valence-electron chi connectivity index (χ0n) is 15.5. The maximum atomic E-state index is 12.5. The quantitative estimate of drug-likeness (QED) is 0.413. The molecule has 0 aliphatic heterocycles. The van der Waals surface area contributed by atoms with Gasteiger partial charge >= 0.3 is 5.97 Å². The number of ether oxygens (including phenoxy) is 1. The number of pyridine rings is 1. The number of H-pyrrole nitrogens is 1. The lowest BCUT2D eigenvalue weighted by Gasteiger charge is -2.19. The lowest BCUT2D eigenvalue weighted by molar-refractivity contribution is -0.310. The van der Waals surface area contributed by atoms with E-state index in [-0.39, 0.29) is 11.7 Å². The second-order valence-corrected chi connectivity index (χ2v) is 6.68. The minimum absolute atomic E-state index is 0.196. The smallest absolute Gasteiger partial charge is 0.328 e. The predicted molar refractivity (Wildman–Crippen MR) is 109 cm³/mol. The minimum atomic E-state index is -0.566. The normalized spacial score (nSPS) is 12.0. The number of anilines is 1. The first-order valence-corrected chi connectivity index (χ1v) is 9.11. The maximum Gasteiger partial charge on any atom is 0.328 e. The number of aromatic hydroxyl groups is 1. The Morgan fingerprint density at radius 2 is 1.54 bits per heavy atom. The van der Waals surface area contributed by atoms with Crippen LogP contribution in [0.3, 0.4) is 0 Å². The van der Waals surface area contributed by atoms with Gasteiger partial charge in [0, 0.05) is 18.6 Å². The van der Waals surface area contributed by atoms with Gasteiger partial charge in [0.05, 0.1) is 23.6 Å². The number of carbonyl (C=O) groups excluding carboxylic acids is 1. The van der Waals surface area contributed by atoms with E-state index in [2.05, 4.69) is 10.3 Å². The van der Waals surface area contributed by atoms with Crippen molar-refractivity contribution in [1.29, 1.82) is 0 Å². The number of hydrogen-bond donors (Lipinski definition) is 2. The molecule has 3 N–H and O–H groups in total. The van der Waals surface area contributed by atoms with E-state index in [1.807, 2.05) is 60.7 Å². The second-order valence-electron chi connectivity index (χ2n) is 6.68. The Morgan fingerprint density at radius 3 is 2.11 bits per heavy atom. The van der Waals surface area contributed by atoms with Crippen molar-refractivity contribution in [3.8, 4) is 5.75 Å². The second kappa shape index (κ2) is 7.56. The number of phenols is 1. The molecule has 0 fully saturated rings. The van der Waals surface area contributed by atoms with Crippen LogP contribution in [-0.4, -0.2) is 24.2 Å². The lowest BCUT2D eigenvalue weighted by atomic mass is 10.0. The molecular weight excluding hydrogens is 352 g/mol. The van der Waals surface area contributed by atoms with Crippen LogP contribution in [0.2, 0.25) is 0 Å². The van der Waals surface area contributed by atoms with E-state index in [0.717, 1.165) is 33.1 Å². The van der Waals surface area contributed by atoms with E-state index in [9.17, 15) is 9.90 Å². The summed E-state index contributed by atoms with van der Waals surface area (Å²) in [7, 11) is 1.39. The summed E-state index contributed by atoms with van der Waals surface area (Å²) in [6.45, 7) is 0. The summed E-state index contributed by atoms with van der Waals surface area (Å²) in [5, 5.41) is 14.9. The van der Waals surface area contributed by atoms with Crippen LogP contribution in [0, 0.1) is 0 Å². The molecule has 28 heavy (non-hydrogen) atoms. The van der Waals surface area contributed by atoms with Gasteiger partial charge in [0.1, 0.15) is 11.8 Å². The van der Waals surface area contributed by atoms with Crippen LogP contribution in [0.4, 0.5) is 5.69 Å². The van der Waals surface area contributed by atoms with E-state index < -0.39 is 6.04 Å². The standard InChI is InChI=1S/C23H20N2O3/c1-28-23(27)21(14-15-10-12-16(26)13-11-15)25-22-17-6-2-4-8-19(17)24-20-9-5-3-7-18(20)22/h2-13,21,26H,14H2,1H3,(H,24,25)/p+1/t21-/m0/s1. The van der Waals surface area contributed by atoms with Gasteiger partial charge in [0.15, 0.2) is 0 Å². The number of rotatable bonds is 5. The lowest BCUT2D eigenvalue weighted by Crippen LogP contribution is -2.33. The largest absolute Gasteiger partial charge is 0.508 e. The van der Waals surface area contributed by atoms with Crippen molar-refractivity contribution in [2.45, 2.75) is 12.5 Å². The first kappa shape index (κ1) is 17.8. The molecule has 0 amide bonds. The molecule has 0 unspecified atom stereocenters. The third-order valence-corrected chi connectivity index (χ3v) is 4.84. The van der Waals surface area contributed by atoms with Gasteiger partial charge in [0.25, 0.3) is 0 Å². The van der Waals surface area contributed by atoms with Gasteiger partial charge in [-0.15, -0.1) is 0 Å². The first-order chi connectivity index (χ1) is 13.7. The highest BCUT2D eigenvalue weighted by atomic mass is 16.5. The molecule has 0 spiro atoms. The fourth-order valence-electron chi connectivity index (χ4n) is 3.44. The van der Waals surface area contributed by atoms with E-state index in [1.165, 1.54) is 7.11 Å². The van der Waals surface area contributed by atoms with Gasteiger partial charge in [-0.05, 0) is 29.8 Å². The molecule has 1 atom stereocenters. The molecule has 0 saturated heterocycles. The molecule has 4 rings (SSSR count). The van der Waals surface area contributed by atoms with Crippen molar-refractivity contribution in [1.82, 2.24) is 0 Å². The number of nitrogens with one attached hydrogen (secondary N) is 2. The Hall–Kier alpha value is -3.60. The van der Waals surface area contributed by atoms with E-state index in [0.29, 0.717) is 6.42 Å². The molecule has 140 valence electrons. The zero-order chi connectivity index (χ0) is 19.5. The van der Waals surface area contributed by atoms with Crippen LogP contribution in [0.5, 0.6) is 5.75 Å². The Morgan fingerprint density at radius 1 is 0.964 bits per heavy atom. The van der Waals surface area contributed by atoms with Gasteiger partial charge in [-0.1, -0.05) is 36.4 Å². The summed E-state index contributed by atoms with van der Waals surface area (Å²) in [4.78, 5) is 16.0. The molecule has 1 aromatic heterocycles. The highest BCUT2D eigenvalue weighted by molar-refractivity contribution is 6.05. The first-order valence-electron chi connectivity index (χ1n) is 9.11. The number of para-hydroxylation sites is 2. The van der Waals surface area contributed by atoms with Crippen molar-refractivity contribution in [2.24, 2.45) is 0 Å². The van der Waals surface area contributed by atoms with Crippen LogP contribution < -0.4 is 10.3 Å². The number of aromatic amines is 1. The summed E-state index contributed by atoms with van der Waals surface area (Å²) in [6.07, 6.45) is 0.439. The molecule has 5 heteroatoms. The Balaban J connectivity index is 1.79. The molecule has 1 heterocycles. The van der Waals surface area contributed by atoms with Crippen LogP contribution in [0.15, 0.2) is 72.8 Å². The Labute approximate surface area is 162 Å². The van der Waals surface area contributed by atoms with Gasteiger partial charge in [-0.2, -0.15) is 0 Å². The fourth-order valence-corrected chi connectivity index (χ4v) is 3.44. The van der Waals surface area contributed by atoms with Gasteiger partial charge in [-0.3, -0.25) is 0 Å². The van der Waals surface area contributed by atoms with Gasteiger partial charge < -0.3 is 15.2 Å². The van der Waals surface area contributed by atoms with Crippen molar-refractivity contribution in [3.05, 3.63) is 78.4 Å². The van der Waals surface area contributed by atoms with Crippen LogP contribution >= 0.6 is 0 Å². The Kier molecular flexibility index (Phi) is 4.81. The number of benzene rings is 3. The molecule has 3 aromatic carbocycles. The van der Waals surface area contributed by atoms with Crippen molar-refractivity contribution < 1.29 is 19.6 Å². The number of carbonyl (C=O) groups is 1. The third-order valence-electron chi connectivity index (χ3n) is 4.84. The molecule has 4 aromatic rings. The van der Waals surface area contributed by atoms with Crippen LogP contribution in [-0.2, 0) is 16.0 Å². The SMILES string of the molecule is COC(=O)[C@H](Cc1ccc(O)cc1)Nc1c2ccccc2[nH+]c2ccccc12. The number of fused-ring (bicyclic) bond motifs is 2. The number of esters is 1. The summed E-state index contributed by atoms with van der Waals surface area (Å²) in [5.41, 5.74) is 3.78. The molecule has 0 saturated carbocycles. The van der Waals surface area contributed by atoms with Gasteiger partial charge in [-0.25, -0.2) is 9.78 Å². The van der Waals surface area contributed by atoms with Crippen molar-refractivity contribution in [2.75, 3.05) is 12.4 Å². The number of phenolic OH excluding ortho intramolecular Hbond substituents is 1. The van der Waals surface area contributed by atoms with E-state index >= 15 is 0 Å². The van der Waals surface area contributed by atoms with Crippen LogP contribution in [0.1, 0.15) is 5.56 Å². The van der Waals surface area contributed by atoms with Crippen molar-refractivity contribution >= 4 is 33.5 Å². The summed E-state index contributed by atoms with van der Waals surface area (Å²) in [6, 6.07) is 22.3. The van der Waals surface area contributed by atoms with Gasteiger partial charge in [0.2, 0.25) is 11.0 Å². The maximum absolute atomic E-state index is 12.5. The average Bonchev–Trinajstić information content (AvgIpc) is 2.73. The highest BCUT2D eigenvalue weighted by Gasteiger charge is 2.23. The minimum Gasteiger partial charge on any atom is -0.508 e. The summed E-state index contributed by atoms with van der Waals surface area (Å²) < 4.78 is 5.05. The topological polar surface area (TPSA) is 72.7 Å². The summed E-state index contributed by atoms with van der Waals surface area (Å²) in [5.74, 6) is -0.143. The monoisotopic (exact) mass is 373 g/mol. The zero-order valence-corrected chi connectivity index (χ0v) is 15.5. The van der Waals surface area contributed by atoms with Crippen molar-refractivity contribution in [3.63, 3.8) is 0 Å². The molecule has 0 aliphatic carbocycles. The Bertz CT molecular complexity index is 1090. The fraction of sp³-hybridized carbons (Fsp3) is 0.130. The predicted octanol–water partition coefficient (Wildman–Crippen LogP) is 3.71. The molecule has 0 aliphatic rings. The number of aromatic nitrogens is 1. The van der Waals surface area contributed by atoms with E-state index in [1.54, 1.807) is 12.1 Å². The summed E-state index contributed by atoms with van der Waals surface area (Å²) >= 11 is 0.